The predicted octanol–water partition coefficient (Wildman–Crippen LogP) is 1.58. The average Bonchev–Trinajstić information content (AvgIpc) is 2.18. The third-order valence-electron chi connectivity index (χ3n) is 2.55. The number of nitrogens with one attached hydrogen (secondary N) is 1. The zero-order valence-corrected chi connectivity index (χ0v) is 8.85. The second kappa shape index (κ2) is 4.94. The summed E-state index contributed by atoms with van der Waals surface area (Å²) in [6, 6.07) is 0. The average molecular weight is 195 g/mol. The summed E-state index contributed by atoms with van der Waals surface area (Å²) in [6.45, 7) is 4.22. The van der Waals surface area contributed by atoms with Gasteiger partial charge in [-0.05, 0) is 33.1 Å². The SMILES string of the molecule is CCNC(=O)/C(C)=C1/CCCCC1=O. The first-order valence-electron chi connectivity index (χ1n) is 5.18. The highest BCUT2D eigenvalue weighted by Gasteiger charge is 2.19. The maximum absolute atomic E-state index is 11.5. The Morgan fingerprint density at radius 2 is 2.00 bits per heavy atom. The molecule has 1 aliphatic carbocycles. The Hall–Kier alpha value is -1.12. The Balaban J connectivity index is 2.79. The number of hydrogen-bond donors (Lipinski definition) is 1. The van der Waals surface area contributed by atoms with Crippen LogP contribution >= 0.6 is 0 Å². The molecular weight excluding hydrogens is 178 g/mol. The lowest BCUT2D eigenvalue weighted by atomic mass is 9.90. The zero-order valence-electron chi connectivity index (χ0n) is 8.85. The van der Waals surface area contributed by atoms with Gasteiger partial charge in [-0.1, -0.05) is 0 Å². The van der Waals surface area contributed by atoms with E-state index in [4.69, 9.17) is 0 Å². The molecule has 0 spiro atoms. The van der Waals surface area contributed by atoms with E-state index in [1.54, 1.807) is 6.92 Å². The summed E-state index contributed by atoms with van der Waals surface area (Å²) in [5.41, 5.74) is 1.35. The first kappa shape index (κ1) is 11.0. The molecule has 0 unspecified atom stereocenters. The van der Waals surface area contributed by atoms with Crippen molar-refractivity contribution in [3.05, 3.63) is 11.1 Å². The maximum atomic E-state index is 11.5. The van der Waals surface area contributed by atoms with Gasteiger partial charge < -0.3 is 5.32 Å². The Bertz CT molecular complexity index is 279. The second-order valence-electron chi connectivity index (χ2n) is 3.59. The van der Waals surface area contributed by atoms with E-state index in [-0.39, 0.29) is 11.7 Å². The number of hydrogen-bond acceptors (Lipinski definition) is 2. The molecule has 0 bridgehead atoms. The number of carbonyl (C=O) groups is 2. The van der Waals surface area contributed by atoms with Crippen LogP contribution in [0.4, 0.5) is 0 Å². The molecule has 0 atom stereocenters. The molecule has 14 heavy (non-hydrogen) atoms. The summed E-state index contributed by atoms with van der Waals surface area (Å²) in [4.78, 5) is 23.0. The van der Waals surface area contributed by atoms with Crippen LogP contribution in [0.3, 0.4) is 0 Å². The van der Waals surface area contributed by atoms with Gasteiger partial charge in [0.05, 0.1) is 0 Å². The van der Waals surface area contributed by atoms with Crippen molar-refractivity contribution in [1.29, 1.82) is 0 Å². The first-order chi connectivity index (χ1) is 6.66. The third-order valence-corrected chi connectivity index (χ3v) is 2.55. The quantitative estimate of drug-likeness (QED) is 0.680. The first-order valence-corrected chi connectivity index (χ1v) is 5.18. The van der Waals surface area contributed by atoms with Crippen LogP contribution in [0.2, 0.25) is 0 Å². The number of Topliss-reactive ketones (excluding diaryl/α,β-unsaturated/α-hetero) is 1. The highest BCUT2D eigenvalue weighted by atomic mass is 16.2. The number of carbonyl (C=O) groups excluding carboxylic acids is 2. The van der Waals surface area contributed by atoms with E-state index in [1.807, 2.05) is 6.92 Å². The van der Waals surface area contributed by atoms with Gasteiger partial charge in [-0.25, -0.2) is 0 Å². The Labute approximate surface area is 84.6 Å². The van der Waals surface area contributed by atoms with Gasteiger partial charge in [0.25, 0.3) is 0 Å². The number of rotatable bonds is 2. The van der Waals surface area contributed by atoms with Gasteiger partial charge in [-0.3, -0.25) is 9.59 Å². The van der Waals surface area contributed by atoms with E-state index in [0.29, 0.717) is 18.5 Å². The molecule has 0 radical (unpaired) electrons. The van der Waals surface area contributed by atoms with E-state index < -0.39 is 0 Å². The van der Waals surface area contributed by atoms with Crippen LogP contribution in [0.5, 0.6) is 0 Å². The summed E-state index contributed by atoms with van der Waals surface area (Å²) in [6.07, 6.45) is 3.36. The van der Waals surface area contributed by atoms with Crippen molar-refractivity contribution in [2.75, 3.05) is 6.54 Å². The molecule has 0 aromatic heterocycles. The molecule has 1 amide bonds. The number of ketones is 1. The molecule has 3 nitrogen and oxygen atoms in total. The van der Waals surface area contributed by atoms with Crippen molar-refractivity contribution in [2.45, 2.75) is 39.5 Å². The van der Waals surface area contributed by atoms with Crippen LogP contribution in [-0.2, 0) is 9.59 Å². The van der Waals surface area contributed by atoms with E-state index in [1.165, 1.54) is 0 Å². The lowest BCUT2D eigenvalue weighted by Crippen LogP contribution is -2.26. The highest BCUT2D eigenvalue weighted by Crippen LogP contribution is 2.22. The molecule has 0 aromatic rings. The molecule has 0 heterocycles. The summed E-state index contributed by atoms with van der Waals surface area (Å²) in [5, 5.41) is 2.71. The topological polar surface area (TPSA) is 46.2 Å². The molecule has 0 aliphatic heterocycles. The van der Waals surface area contributed by atoms with Crippen molar-refractivity contribution >= 4 is 11.7 Å². The van der Waals surface area contributed by atoms with Crippen LogP contribution in [-0.4, -0.2) is 18.2 Å². The fourth-order valence-electron chi connectivity index (χ4n) is 1.70. The minimum atomic E-state index is -0.0993. The molecule has 3 heteroatoms. The largest absolute Gasteiger partial charge is 0.353 e. The van der Waals surface area contributed by atoms with Gasteiger partial charge in [-0.2, -0.15) is 0 Å². The van der Waals surface area contributed by atoms with Crippen LogP contribution in [0.1, 0.15) is 39.5 Å². The summed E-state index contributed by atoms with van der Waals surface area (Å²) in [5.74, 6) is 0.0535. The van der Waals surface area contributed by atoms with E-state index >= 15 is 0 Å². The molecule has 78 valence electrons. The van der Waals surface area contributed by atoms with Gasteiger partial charge in [0.15, 0.2) is 5.78 Å². The van der Waals surface area contributed by atoms with Gasteiger partial charge in [0.1, 0.15) is 0 Å². The summed E-state index contributed by atoms with van der Waals surface area (Å²) in [7, 11) is 0. The van der Waals surface area contributed by atoms with Crippen LogP contribution in [0.25, 0.3) is 0 Å². The monoisotopic (exact) mass is 195 g/mol. The third kappa shape index (κ3) is 2.44. The smallest absolute Gasteiger partial charge is 0.247 e. The zero-order chi connectivity index (χ0) is 10.6. The van der Waals surface area contributed by atoms with Crippen molar-refractivity contribution in [2.24, 2.45) is 0 Å². The van der Waals surface area contributed by atoms with E-state index in [9.17, 15) is 9.59 Å². The van der Waals surface area contributed by atoms with Gasteiger partial charge in [0.2, 0.25) is 5.91 Å². The minimum Gasteiger partial charge on any atom is -0.353 e. The van der Waals surface area contributed by atoms with Gasteiger partial charge >= 0.3 is 0 Å². The molecule has 0 saturated heterocycles. The Morgan fingerprint density at radius 3 is 2.57 bits per heavy atom. The molecule has 1 rings (SSSR count). The predicted molar refractivity (Wildman–Crippen MR) is 54.9 cm³/mol. The second-order valence-corrected chi connectivity index (χ2v) is 3.59. The van der Waals surface area contributed by atoms with Crippen LogP contribution in [0, 0.1) is 0 Å². The number of likely N-dealkylation sites (N-methyl/N-ethyl adjacent to an activating group) is 1. The number of amides is 1. The van der Waals surface area contributed by atoms with E-state index in [2.05, 4.69) is 5.32 Å². The van der Waals surface area contributed by atoms with Crippen molar-refractivity contribution in [1.82, 2.24) is 5.32 Å². The maximum Gasteiger partial charge on any atom is 0.247 e. The normalized spacial score (nSPS) is 20.6. The van der Waals surface area contributed by atoms with Crippen LogP contribution < -0.4 is 5.32 Å². The van der Waals surface area contributed by atoms with Gasteiger partial charge in [-0.15, -0.1) is 0 Å². The van der Waals surface area contributed by atoms with Crippen molar-refractivity contribution < 1.29 is 9.59 Å². The molecule has 1 fully saturated rings. The van der Waals surface area contributed by atoms with Crippen LogP contribution in [0.15, 0.2) is 11.1 Å². The lowest BCUT2D eigenvalue weighted by molar-refractivity contribution is -0.119. The fraction of sp³-hybridized carbons (Fsp3) is 0.636. The van der Waals surface area contributed by atoms with E-state index in [0.717, 1.165) is 24.8 Å². The van der Waals surface area contributed by atoms with Crippen molar-refractivity contribution in [3.8, 4) is 0 Å². The minimum absolute atomic E-state index is 0.0993. The summed E-state index contributed by atoms with van der Waals surface area (Å²) < 4.78 is 0. The lowest BCUT2D eigenvalue weighted by Gasteiger charge is -2.15. The van der Waals surface area contributed by atoms with Gasteiger partial charge in [0, 0.05) is 24.1 Å². The standard InChI is InChI=1S/C11H17NO2/c1-3-12-11(14)8(2)9-6-4-5-7-10(9)13/h3-7H2,1-2H3,(H,12,14)/b9-8-. The molecule has 1 aliphatic rings. The summed E-state index contributed by atoms with van der Waals surface area (Å²) >= 11 is 0. The van der Waals surface area contributed by atoms with Crippen molar-refractivity contribution in [3.63, 3.8) is 0 Å². The highest BCUT2D eigenvalue weighted by molar-refractivity contribution is 6.05. The fourth-order valence-corrected chi connectivity index (χ4v) is 1.70. The molecule has 1 saturated carbocycles. The molecule has 0 aromatic carbocycles. The molecular formula is C11H17NO2. The Kier molecular flexibility index (Phi) is 3.86. The number of allylic oxidation sites excluding steroid dienone is 1. The Morgan fingerprint density at radius 1 is 1.36 bits per heavy atom. The molecule has 1 N–H and O–H groups in total.